The van der Waals surface area contributed by atoms with Crippen molar-refractivity contribution in [1.82, 2.24) is 4.90 Å². The summed E-state index contributed by atoms with van der Waals surface area (Å²) in [7, 11) is 1.94. The number of ether oxygens (including phenoxy) is 2. The molecule has 2 aromatic rings. The Labute approximate surface area is 152 Å². The molecular weight excluding hydrogens is 336 g/mol. The summed E-state index contributed by atoms with van der Waals surface area (Å²) in [5.74, 6) is 1.51. The van der Waals surface area contributed by atoms with Crippen molar-refractivity contribution in [3.8, 4) is 11.5 Å². The Morgan fingerprint density at radius 2 is 2.00 bits per heavy atom. The van der Waals surface area contributed by atoms with Gasteiger partial charge in [0.15, 0.2) is 11.5 Å². The van der Waals surface area contributed by atoms with Crippen LogP contribution in [-0.2, 0) is 11.3 Å². The summed E-state index contributed by atoms with van der Waals surface area (Å²) in [5.41, 5.74) is 1.93. The van der Waals surface area contributed by atoms with Gasteiger partial charge in [0.2, 0.25) is 12.7 Å². The smallest absolute Gasteiger partial charge is 0.241 e. The topological polar surface area (TPSA) is 50.8 Å². The summed E-state index contributed by atoms with van der Waals surface area (Å²) in [6.07, 6.45) is 2.00. The number of nitrogens with one attached hydrogen (secondary N) is 1. The highest BCUT2D eigenvalue weighted by atomic mass is 32.2. The Morgan fingerprint density at radius 1 is 1.24 bits per heavy atom. The van der Waals surface area contributed by atoms with Crippen molar-refractivity contribution in [2.75, 3.05) is 25.4 Å². The average molecular weight is 358 g/mol. The standard InChI is InChI=1S/C19H22N2O3S/c1-13(19(22)20-15-6-4-5-7-18(15)25-3)21(2)11-14-8-9-16-17(10-14)24-12-23-16/h4-10,13H,11-12H2,1-3H3,(H,20,22)/t13-/m1/s1. The maximum atomic E-state index is 12.6. The molecule has 0 radical (unpaired) electrons. The van der Waals surface area contributed by atoms with E-state index in [1.807, 2.05) is 67.6 Å². The Morgan fingerprint density at radius 3 is 2.80 bits per heavy atom. The van der Waals surface area contributed by atoms with Gasteiger partial charge in [-0.3, -0.25) is 9.69 Å². The number of hydrogen-bond donors (Lipinski definition) is 1. The second-order valence-corrected chi connectivity index (χ2v) is 6.82. The van der Waals surface area contributed by atoms with E-state index >= 15 is 0 Å². The third kappa shape index (κ3) is 4.08. The number of rotatable bonds is 6. The molecule has 0 spiro atoms. The van der Waals surface area contributed by atoms with Gasteiger partial charge in [0.05, 0.1) is 11.7 Å². The van der Waals surface area contributed by atoms with Crippen LogP contribution in [0.3, 0.4) is 0 Å². The Kier molecular flexibility index (Phi) is 5.50. The molecule has 25 heavy (non-hydrogen) atoms. The second kappa shape index (κ2) is 7.80. The van der Waals surface area contributed by atoms with E-state index in [4.69, 9.17) is 9.47 Å². The molecule has 0 aliphatic carbocycles. The number of benzene rings is 2. The first-order valence-corrected chi connectivity index (χ1v) is 9.33. The number of likely N-dealkylation sites (N-methyl/N-ethyl adjacent to an activating group) is 1. The summed E-state index contributed by atoms with van der Waals surface area (Å²) in [4.78, 5) is 15.7. The SMILES string of the molecule is CSc1ccccc1NC(=O)[C@@H](C)N(C)Cc1ccc2c(c1)OCO2. The molecule has 0 fully saturated rings. The van der Waals surface area contributed by atoms with Crippen LogP contribution in [0.2, 0.25) is 0 Å². The summed E-state index contributed by atoms with van der Waals surface area (Å²) < 4.78 is 10.7. The Balaban J connectivity index is 1.63. The normalized spacial score (nSPS) is 13.8. The molecule has 1 atom stereocenters. The van der Waals surface area contributed by atoms with Crippen molar-refractivity contribution >= 4 is 23.4 Å². The number of fused-ring (bicyclic) bond motifs is 1. The molecule has 132 valence electrons. The van der Waals surface area contributed by atoms with Gasteiger partial charge < -0.3 is 14.8 Å². The van der Waals surface area contributed by atoms with Crippen LogP contribution < -0.4 is 14.8 Å². The monoisotopic (exact) mass is 358 g/mol. The van der Waals surface area contributed by atoms with E-state index in [0.717, 1.165) is 27.6 Å². The van der Waals surface area contributed by atoms with Crippen molar-refractivity contribution in [2.24, 2.45) is 0 Å². The van der Waals surface area contributed by atoms with Crippen LogP contribution in [-0.4, -0.2) is 36.9 Å². The zero-order valence-electron chi connectivity index (χ0n) is 14.6. The van der Waals surface area contributed by atoms with Crippen LogP contribution in [0.15, 0.2) is 47.4 Å². The van der Waals surface area contributed by atoms with Crippen molar-refractivity contribution < 1.29 is 14.3 Å². The van der Waals surface area contributed by atoms with E-state index in [1.54, 1.807) is 11.8 Å². The second-order valence-electron chi connectivity index (χ2n) is 5.97. The van der Waals surface area contributed by atoms with Crippen molar-refractivity contribution in [3.05, 3.63) is 48.0 Å². The minimum atomic E-state index is -0.264. The number of anilines is 1. The fourth-order valence-electron chi connectivity index (χ4n) is 2.65. The lowest BCUT2D eigenvalue weighted by atomic mass is 10.1. The quantitative estimate of drug-likeness (QED) is 0.800. The highest BCUT2D eigenvalue weighted by Crippen LogP contribution is 2.33. The van der Waals surface area contributed by atoms with E-state index in [-0.39, 0.29) is 18.7 Å². The predicted octanol–water partition coefficient (Wildman–Crippen LogP) is 3.60. The molecule has 0 unspecified atom stereocenters. The van der Waals surface area contributed by atoms with Gasteiger partial charge >= 0.3 is 0 Å². The molecule has 1 heterocycles. The fraction of sp³-hybridized carbons (Fsp3) is 0.316. The van der Waals surface area contributed by atoms with E-state index in [1.165, 1.54) is 0 Å². The van der Waals surface area contributed by atoms with Crippen LogP contribution in [0.4, 0.5) is 5.69 Å². The molecule has 0 bridgehead atoms. The highest BCUT2D eigenvalue weighted by Gasteiger charge is 2.20. The van der Waals surface area contributed by atoms with Crippen molar-refractivity contribution in [1.29, 1.82) is 0 Å². The number of carbonyl (C=O) groups excluding carboxylic acids is 1. The zero-order chi connectivity index (χ0) is 17.8. The summed E-state index contributed by atoms with van der Waals surface area (Å²) in [6, 6.07) is 13.4. The molecule has 0 saturated carbocycles. The third-order valence-electron chi connectivity index (χ3n) is 4.27. The summed E-state index contributed by atoms with van der Waals surface area (Å²) in [5, 5.41) is 3.02. The zero-order valence-corrected chi connectivity index (χ0v) is 15.4. The van der Waals surface area contributed by atoms with Gasteiger partial charge in [0.25, 0.3) is 0 Å². The van der Waals surface area contributed by atoms with E-state index in [9.17, 15) is 4.79 Å². The van der Waals surface area contributed by atoms with Crippen molar-refractivity contribution in [2.45, 2.75) is 24.4 Å². The minimum Gasteiger partial charge on any atom is -0.454 e. The van der Waals surface area contributed by atoms with E-state index in [2.05, 4.69) is 5.32 Å². The molecule has 1 aliphatic rings. The largest absolute Gasteiger partial charge is 0.454 e. The summed E-state index contributed by atoms with van der Waals surface area (Å²) >= 11 is 1.62. The molecule has 6 heteroatoms. The van der Waals surface area contributed by atoms with Gasteiger partial charge in [0.1, 0.15) is 0 Å². The third-order valence-corrected chi connectivity index (χ3v) is 5.07. The Bertz CT molecular complexity index is 766. The number of nitrogens with zero attached hydrogens (tertiary/aromatic N) is 1. The summed E-state index contributed by atoms with van der Waals surface area (Å²) in [6.45, 7) is 2.82. The van der Waals surface area contributed by atoms with Gasteiger partial charge in [0, 0.05) is 11.4 Å². The first-order chi connectivity index (χ1) is 12.1. The molecule has 0 saturated heterocycles. The molecular formula is C19H22N2O3S. The highest BCUT2D eigenvalue weighted by molar-refractivity contribution is 7.98. The van der Waals surface area contributed by atoms with Gasteiger partial charge in [-0.25, -0.2) is 0 Å². The lowest BCUT2D eigenvalue weighted by molar-refractivity contribution is -0.120. The van der Waals surface area contributed by atoms with Gasteiger partial charge in [-0.2, -0.15) is 0 Å². The average Bonchev–Trinajstić information content (AvgIpc) is 3.09. The number of hydrogen-bond acceptors (Lipinski definition) is 5. The van der Waals surface area contributed by atoms with Crippen molar-refractivity contribution in [3.63, 3.8) is 0 Å². The molecule has 0 aromatic heterocycles. The van der Waals surface area contributed by atoms with Crippen LogP contribution in [0.5, 0.6) is 11.5 Å². The van der Waals surface area contributed by atoms with Crippen LogP contribution in [0.25, 0.3) is 0 Å². The lowest BCUT2D eigenvalue weighted by Gasteiger charge is -2.24. The predicted molar refractivity (Wildman–Crippen MR) is 100 cm³/mol. The van der Waals surface area contributed by atoms with E-state index in [0.29, 0.717) is 6.54 Å². The number of thioether (sulfide) groups is 1. The fourth-order valence-corrected chi connectivity index (χ4v) is 3.20. The molecule has 2 aromatic carbocycles. The Hall–Kier alpha value is -2.18. The molecule has 1 amide bonds. The first-order valence-electron chi connectivity index (χ1n) is 8.11. The molecule has 1 N–H and O–H groups in total. The maximum Gasteiger partial charge on any atom is 0.241 e. The number of para-hydroxylation sites is 1. The molecule has 5 nitrogen and oxygen atoms in total. The lowest BCUT2D eigenvalue weighted by Crippen LogP contribution is -2.39. The van der Waals surface area contributed by atoms with Gasteiger partial charge in [-0.1, -0.05) is 18.2 Å². The van der Waals surface area contributed by atoms with Crippen LogP contribution in [0.1, 0.15) is 12.5 Å². The molecule has 3 rings (SSSR count). The maximum absolute atomic E-state index is 12.6. The minimum absolute atomic E-state index is 0.0234. The number of carbonyl (C=O) groups is 1. The van der Waals surface area contributed by atoms with Gasteiger partial charge in [-0.05, 0) is 50.1 Å². The molecule has 1 aliphatic heterocycles. The first kappa shape index (κ1) is 17.6. The van der Waals surface area contributed by atoms with E-state index < -0.39 is 0 Å². The van der Waals surface area contributed by atoms with Crippen LogP contribution >= 0.6 is 11.8 Å². The van der Waals surface area contributed by atoms with Gasteiger partial charge in [-0.15, -0.1) is 11.8 Å². The number of amides is 1. The van der Waals surface area contributed by atoms with Crippen LogP contribution in [0, 0.1) is 0 Å².